The Morgan fingerprint density at radius 2 is 1.90 bits per heavy atom. The number of hydrogen-bond acceptors (Lipinski definition) is 3. The van der Waals surface area contributed by atoms with Crippen LogP contribution in [-0.4, -0.2) is 34.6 Å². The first kappa shape index (κ1) is 15.9. The Morgan fingerprint density at radius 1 is 1.19 bits per heavy atom. The zero-order valence-corrected chi connectivity index (χ0v) is 13.6. The van der Waals surface area contributed by atoms with Gasteiger partial charge >= 0.3 is 0 Å². The molecule has 0 saturated heterocycles. The summed E-state index contributed by atoms with van der Waals surface area (Å²) in [5.74, 6) is 0. The fraction of sp³-hybridized carbons (Fsp3) is 0.500. The van der Waals surface area contributed by atoms with E-state index in [2.05, 4.69) is 44.7 Å². The summed E-state index contributed by atoms with van der Waals surface area (Å²) < 4.78 is 0. The number of aromatic nitrogens is 1. The molecule has 1 aromatic carbocycles. The minimum Gasteiger partial charge on any atom is -0.387 e. The topological polar surface area (TPSA) is 36.4 Å². The molecule has 21 heavy (non-hydrogen) atoms. The van der Waals surface area contributed by atoms with Gasteiger partial charge in [-0.25, -0.2) is 0 Å². The summed E-state index contributed by atoms with van der Waals surface area (Å²) in [6.07, 6.45) is 0.427. The number of para-hydroxylation sites is 1. The van der Waals surface area contributed by atoms with Gasteiger partial charge in [0.25, 0.3) is 0 Å². The molecule has 0 aliphatic carbocycles. The van der Waals surface area contributed by atoms with E-state index in [1.165, 1.54) is 5.56 Å². The second-order valence-electron chi connectivity index (χ2n) is 5.53. The van der Waals surface area contributed by atoms with Gasteiger partial charge in [0.05, 0.1) is 11.6 Å². The molecule has 0 fully saturated rings. The van der Waals surface area contributed by atoms with E-state index in [0.29, 0.717) is 6.54 Å². The van der Waals surface area contributed by atoms with E-state index in [0.717, 1.165) is 41.7 Å². The lowest BCUT2D eigenvalue weighted by Crippen LogP contribution is -2.28. The fourth-order valence-corrected chi connectivity index (χ4v) is 2.82. The maximum Gasteiger partial charge on any atom is 0.0937 e. The van der Waals surface area contributed by atoms with E-state index in [4.69, 9.17) is 4.98 Å². The van der Waals surface area contributed by atoms with Gasteiger partial charge in [-0.1, -0.05) is 39.0 Å². The van der Waals surface area contributed by atoms with Crippen molar-refractivity contribution >= 4 is 10.9 Å². The summed E-state index contributed by atoms with van der Waals surface area (Å²) in [4.78, 5) is 7.03. The Hall–Kier alpha value is -1.45. The van der Waals surface area contributed by atoms with E-state index >= 15 is 0 Å². The molecular weight excluding hydrogens is 260 g/mol. The summed E-state index contributed by atoms with van der Waals surface area (Å²) in [5.41, 5.74) is 4.22. The highest BCUT2D eigenvalue weighted by Gasteiger charge is 2.15. The molecule has 0 amide bonds. The summed E-state index contributed by atoms with van der Waals surface area (Å²) in [6, 6.07) is 8.26. The van der Waals surface area contributed by atoms with Crippen LogP contribution >= 0.6 is 0 Å². The number of nitrogens with zero attached hydrogens (tertiary/aromatic N) is 2. The van der Waals surface area contributed by atoms with E-state index in [1.807, 2.05) is 12.1 Å². The predicted molar refractivity (Wildman–Crippen MR) is 88.6 cm³/mol. The zero-order chi connectivity index (χ0) is 15.4. The highest BCUT2D eigenvalue weighted by atomic mass is 16.3. The van der Waals surface area contributed by atoms with Crippen molar-refractivity contribution in [1.29, 1.82) is 0 Å². The molecule has 0 aliphatic heterocycles. The van der Waals surface area contributed by atoms with Gasteiger partial charge in [0.1, 0.15) is 0 Å². The summed E-state index contributed by atoms with van der Waals surface area (Å²) >= 11 is 0. The second kappa shape index (κ2) is 7.01. The van der Waals surface area contributed by atoms with Gasteiger partial charge in [-0.2, -0.15) is 0 Å². The van der Waals surface area contributed by atoms with Crippen molar-refractivity contribution in [3.63, 3.8) is 0 Å². The third-order valence-corrected chi connectivity index (χ3v) is 4.19. The van der Waals surface area contributed by atoms with Crippen LogP contribution in [0.4, 0.5) is 0 Å². The summed E-state index contributed by atoms with van der Waals surface area (Å²) in [7, 11) is 0. The largest absolute Gasteiger partial charge is 0.387 e. The lowest BCUT2D eigenvalue weighted by atomic mass is 10.0. The first-order chi connectivity index (χ1) is 10.1. The Morgan fingerprint density at radius 3 is 2.52 bits per heavy atom. The molecule has 2 aromatic rings. The molecule has 0 aliphatic rings. The second-order valence-corrected chi connectivity index (χ2v) is 5.53. The number of benzene rings is 1. The van der Waals surface area contributed by atoms with Crippen molar-refractivity contribution in [3.05, 3.63) is 41.1 Å². The Labute approximate surface area is 127 Å². The van der Waals surface area contributed by atoms with Crippen LogP contribution in [0.5, 0.6) is 0 Å². The van der Waals surface area contributed by atoms with Gasteiger partial charge in [0, 0.05) is 23.2 Å². The first-order valence-electron chi connectivity index (χ1n) is 7.90. The van der Waals surface area contributed by atoms with Crippen LogP contribution in [0, 0.1) is 6.92 Å². The van der Waals surface area contributed by atoms with Crippen LogP contribution in [0.1, 0.15) is 43.7 Å². The van der Waals surface area contributed by atoms with Crippen LogP contribution in [0.25, 0.3) is 10.9 Å². The predicted octanol–water partition coefficient (Wildman–Crippen LogP) is 3.48. The van der Waals surface area contributed by atoms with Gasteiger partial charge in [0.2, 0.25) is 0 Å². The van der Waals surface area contributed by atoms with E-state index in [-0.39, 0.29) is 0 Å². The summed E-state index contributed by atoms with van der Waals surface area (Å²) in [5, 5.41) is 11.7. The SMILES string of the molecule is CCc1nc2c(C(O)CN(CC)CC)cccc2cc1C. The van der Waals surface area contributed by atoms with Crippen LogP contribution in [0.2, 0.25) is 0 Å². The number of likely N-dealkylation sites (N-methyl/N-ethyl adjacent to an activating group) is 1. The lowest BCUT2D eigenvalue weighted by Gasteiger charge is -2.23. The minimum absolute atomic E-state index is 0.492. The number of pyridine rings is 1. The van der Waals surface area contributed by atoms with Crippen molar-refractivity contribution in [2.75, 3.05) is 19.6 Å². The van der Waals surface area contributed by atoms with Gasteiger partial charge in [0.15, 0.2) is 0 Å². The molecule has 114 valence electrons. The molecule has 0 saturated carbocycles. The summed E-state index contributed by atoms with van der Waals surface area (Å²) in [6.45, 7) is 11.0. The molecule has 1 atom stereocenters. The molecule has 0 bridgehead atoms. The first-order valence-corrected chi connectivity index (χ1v) is 7.90. The van der Waals surface area contributed by atoms with Crippen LogP contribution < -0.4 is 0 Å². The Bertz CT molecular complexity index is 605. The van der Waals surface area contributed by atoms with Crippen LogP contribution in [0.15, 0.2) is 24.3 Å². The number of rotatable bonds is 6. The Kier molecular flexibility index (Phi) is 5.32. The normalized spacial score (nSPS) is 13.0. The van der Waals surface area contributed by atoms with Crippen molar-refractivity contribution in [2.45, 2.75) is 40.2 Å². The molecule has 1 heterocycles. The molecule has 1 unspecified atom stereocenters. The number of aliphatic hydroxyl groups is 1. The molecule has 1 N–H and O–H groups in total. The molecule has 3 nitrogen and oxygen atoms in total. The smallest absolute Gasteiger partial charge is 0.0937 e. The van der Waals surface area contributed by atoms with Gasteiger partial charge < -0.3 is 10.0 Å². The molecule has 3 heteroatoms. The highest BCUT2D eigenvalue weighted by molar-refractivity contribution is 5.83. The van der Waals surface area contributed by atoms with Gasteiger partial charge in [-0.3, -0.25) is 4.98 Å². The molecule has 0 radical (unpaired) electrons. The van der Waals surface area contributed by atoms with E-state index in [9.17, 15) is 5.11 Å². The van der Waals surface area contributed by atoms with Gasteiger partial charge in [-0.05, 0) is 38.1 Å². The van der Waals surface area contributed by atoms with Crippen LogP contribution in [0.3, 0.4) is 0 Å². The maximum absolute atomic E-state index is 10.6. The number of hydrogen-bond donors (Lipinski definition) is 1. The number of aliphatic hydroxyl groups excluding tert-OH is 1. The van der Waals surface area contributed by atoms with Crippen molar-refractivity contribution in [1.82, 2.24) is 9.88 Å². The number of aryl methyl sites for hydroxylation is 2. The maximum atomic E-state index is 10.6. The van der Waals surface area contributed by atoms with E-state index in [1.54, 1.807) is 0 Å². The van der Waals surface area contributed by atoms with Crippen LogP contribution in [-0.2, 0) is 6.42 Å². The average Bonchev–Trinajstić information content (AvgIpc) is 2.50. The number of fused-ring (bicyclic) bond motifs is 1. The molecule has 0 spiro atoms. The molecule has 2 rings (SSSR count). The van der Waals surface area contributed by atoms with E-state index < -0.39 is 6.10 Å². The third kappa shape index (κ3) is 3.42. The standard InChI is InChI=1S/C18H26N2O/c1-5-16-13(4)11-14-9-8-10-15(18(14)19-16)17(21)12-20(6-2)7-3/h8-11,17,21H,5-7,12H2,1-4H3. The fourth-order valence-electron chi connectivity index (χ4n) is 2.82. The van der Waals surface area contributed by atoms with Gasteiger partial charge in [-0.15, -0.1) is 0 Å². The third-order valence-electron chi connectivity index (χ3n) is 4.19. The lowest BCUT2D eigenvalue weighted by molar-refractivity contribution is 0.120. The minimum atomic E-state index is -0.492. The zero-order valence-electron chi connectivity index (χ0n) is 13.6. The average molecular weight is 286 g/mol. The molecular formula is C18H26N2O. The van der Waals surface area contributed by atoms with Crippen molar-refractivity contribution < 1.29 is 5.11 Å². The quantitative estimate of drug-likeness (QED) is 0.883. The van der Waals surface area contributed by atoms with Crippen molar-refractivity contribution in [2.24, 2.45) is 0 Å². The molecule has 1 aromatic heterocycles. The monoisotopic (exact) mass is 286 g/mol. The Balaban J connectivity index is 2.43. The highest BCUT2D eigenvalue weighted by Crippen LogP contribution is 2.25. The van der Waals surface area contributed by atoms with Crippen molar-refractivity contribution in [3.8, 4) is 0 Å².